The molecule has 1 aliphatic heterocycles. The van der Waals surface area contributed by atoms with E-state index in [4.69, 9.17) is 0 Å². The first-order valence-electron chi connectivity index (χ1n) is 8.11. The van der Waals surface area contributed by atoms with Crippen LogP contribution in [0.25, 0.3) is 0 Å². The molecule has 0 bridgehead atoms. The maximum atomic E-state index is 12.7. The normalized spacial score (nSPS) is 15.5. The van der Waals surface area contributed by atoms with Crippen molar-refractivity contribution in [2.75, 3.05) is 18.4 Å². The molecular weight excluding hydrogens is 360 g/mol. The van der Waals surface area contributed by atoms with Gasteiger partial charge in [-0.05, 0) is 31.0 Å². The number of amides is 1. The van der Waals surface area contributed by atoms with Crippen LogP contribution in [0.3, 0.4) is 0 Å². The number of carbonyl (C=O) groups is 1. The number of piperidine rings is 1. The number of hydrogen-bond acceptors (Lipinski definition) is 5. The van der Waals surface area contributed by atoms with Crippen LogP contribution in [-0.4, -0.2) is 41.7 Å². The Morgan fingerprint density at radius 3 is 2.46 bits per heavy atom. The van der Waals surface area contributed by atoms with E-state index in [1.54, 1.807) is 0 Å². The highest BCUT2D eigenvalue weighted by Gasteiger charge is 2.26. The first-order chi connectivity index (χ1) is 12.4. The van der Waals surface area contributed by atoms with Gasteiger partial charge in [0, 0.05) is 24.8 Å². The fraction of sp³-hybridized carbons (Fsp3) is 0.312. The molecule has 0 spiro atoms. The van der Waals surface area contributed by atoms with Crippen LogP contribution in [0, 0.1) is 0 Å². The number of nitrogens with one attached hydrogen (secondary N) is 3. The molecule has 10 heteroatoms. The summed E-state index contributed by atoms with van der Waals surface area (Å²) in [6.45, 7) is 0.958. The van der Waals surface area contributed by atoms with Gasteiger partial charge in [-0.15, -0.1) is 0 Å². The highest BCUT2D eigenvalue weighted by molar-refractivity contribution is 7.89. The molecule has 0 atom stereocenters. The van der Waals surface area contributed by atoms with Crippen molar-refractivity contribution in [2.24, 2.45) is 0 Å². The summed E-state index contributed by atoms with van der Waals surface area (Å²) >= 11 is 0. The summed E-state index contributed by atoms with van der Waals surface area (Å²) in [6.07, 6.45) is 2.66. The second-order valence-corrected chi connectivity index (χ2v) is 7.89. The van der Waals surface area contributed by atoms with Gasteiger partial charge in [0.25, 0.3) is 11.5 Å². The van der Waals surface area contributed by atoms with Gasteiger partial charge in [0.1, 0.15) is 5.69 Å². The van der Waals surface area contributed by atoms with Crippen molar-refractivity contribution in [3.63, 3.8) is 0 Å². The predicted molar refractivity (Wildman–Crippen MR) is 94.7 cm³/mol. The predicted octanol–water partition coefficient (Wildman–Crippen LogP) is 0.490. The Labute approximate surface area is 149 Å². The Morgan fingerprint density at radius 2 is 1.77 bits per heavy atom. The number of hydrogen-bond donors (Lipinski definition) is 3. The van der Waals surface area contributed by atoms with E-state index in [2.05, 4.69) is 10.3 Å². The zero-order valence-corrected chi connectivity index (χ0v) is 14.6. The molecule has 3 rings (SSSR count). The molecule has 2 heterocycles. The summed E-state index contributed by atoms with van der Waals surface area (Å²) in [5, 5.41) is 2.48. The number of sulfonamides is 1. The Balaban J connectivity index is 1.84. The minimum Gasteiger partial charge on any atom is -0.321 e. The van der Waals surface area contributed by atoms with E-state index < -0.39 is 27.2 Å². The van der Waals surface area contributed by atoms with Gasteiger partial charge in [0.15, 0.2) is 0 Å². The molecule has 0 aliphatic carbocycles. The minimum absolute atomic E-state index is 0.0802. The van der Waals surface area contributed by atoms with Gasteiger partial charge >= 0.3 is 5.69 Å². The summed E-state index contributed by atoms with van der Waals surface area (Å²) in [7, 11) is -3.63. The quantitative estimate of drug-likeness (QED) is 0.712. The molecule has 1 aromatic heterocycles. The maximum Gasteiger partial charge on any atom is 0.326 e. The van der Waals surface area contributed by atoms with Crippen LogP contribution in [0.15, 0.2) is 44.8 Å². The average molecular weight is 378 g/mol. The number of benzene rings is 1. The number of anilines is 1. The van der Waals surface area contributed by atoms with Crippen LogP contribution >= 0.6 is 0 Å². The molecule has 1 amide bonds. The third-order valence-electron chi connectivity index (χ3n) is 4.05. The van der Waals surface area contributed by atoms with Crippen molar-refractivity contribution in [2.45, 2.75) is 24.2 Å². The van der Waals surface area contributed by atoms with Crippen molar-refractivity contribution < 1.29 is 13.2 Å². The topological polar surface area (TPSA) is 132 Å². The molecule has 1 fully saturated rings. The minimum atomic E-state index is -3.63. The lowest BCUT2D eigenvalue weighted by atomic mass is 10.2. The van der Waals surface area contributed by atoms with Gasteiger partial charge < -0.3 is 10.3 Å². The van der Waals surface area contributed by atoms with Crippen molar-refractivity contribution in [3.05, 3.63) is 56.9 Å². The first-order valence-corrected chi connectivity index (χ1v) is 9.55. The monoisotopic (exact) mass is 378 g/mol. The highest BCUT2D eigenvalue weighted by Crippen LogP contribution is 2.23. The van der Waals surface area contributed by atoms with Crippen LogP contribution < -0.4 is 16.6 Å². The number of H-pyrrole nitrogens is 2. The zero-order valence-electron chi connectivity index (χ0n) is 13.8. The number of nitrogens with zero attached hydrogens (tertiary/aromatic N) is 1. The smallest absolute Gasteiger partial charge is 0.321 e. The number of rotatable bonds is 4. The second-order valence-electron chi connectivity index (χ2n) is 5.95. The third kappa shape index (κ3) is 3.92. The van der Waals surface area contributed by atoms with Crippen LogP contribution in [-0.2, 0) is 10.0 Å². The van der Waals surface area contributed by atoms with Gasteiger partial charge in [0.05, 0.1) is 4.90 Å². The molecule has 0 unspecified atom stereocenters. The molecule has 138 valence electrons. The zero-order chi connectivity index (χ0) is 18.7. The van der Waals surface area contributed by atoms with E-state index in [-0.39, 0.29) is 16.3 Å². The maximum absolute atomic E-state index is 12.7. The lowest BCUT2D eigenvalue weighted by molar-refractivity contribution is 0.102. The molecule has 1 saturated heterocycles. The largest absolute Gasteiger partial charge is 0.326 e. The van der Waals surface area contributed by atoms with E-state index in [1.807, 2.05) is 4.98 Å². The molecule has 0 radical (unpaired) electrons. The molecule has 1 aliphatic rings. The van der Waals surface area contributed by atoms with Crippen LogP contribution in [0.2, 0.25) is 0 Å². The third-order valence-corrected chi connectivity index (χ3v) is 5.94. The average Bonchev–Trinajstić information content (AvgIpc) is 2.62. The Morgan fingerprint density at radius 1 is 1.04 bits per heavy atom. The number of aromatic amines is 2. The second kappa shape index (κ2) is 7.26. The number of aromatic nitrogens is 2. The van der Waals surface area contributed by atoms with E-state index in [1.165, 1.54) is 28.6 Å². The van der Waals surface area contributed by atoms with Gasteiger partial charge in [-0.3, -0.25) is 14.6 Å². The number of carbonyl (C=O) groups excluding carboxylic acids is 1. The van der Waals surface area contributed by atoms with Gasteiger partial charge in [0.2, 0.25) is 10.0 Å². The molecule has 3 N–H and O–H groups in total. The summed E-state index contributed by atoms with van der Waals surface area (Å²) in [5.74, 6) is -0.722. The van der Waals surface area contributed by atoms with Crippen molar-refractivity contribution in [3.8, 4) is 0 Å². The molecule has 0 saturated carbocycles. The van der Waals surface area contributed by atoms with Crippen LogP contribution in [0.1, 0.15) is 29.8 Å². The molecule has 26 heavy (non-hydrogen) atoms. The van der Waals surface area contributed by atoms with Crippen molar-refractivity contribution in [1.82, 2.24) is 14.3 Å². The highest BCUT2D eigenvalue weighted by atomic mass is 32.2. The van der Waals surface area contributed by atoms with Crippen LogP contribution in [0.5, 0.6) is 0 Å². The first kappa shape index (κ1) is 18.1. The van der Waals surface area contributed by atoms with Gasteiger partial charge in [-0.25, -0.2) is 13.2 Å². The molecule has 1 aromatic carbocycles. The van der Waals surface area contributed by atoms with Crippen molar-refractivity contribution in [1.29, 1.82) is 0 Å². The fourth-order valence-corrected chi connectivity index (χ4v) is 4.34. The summed E-state index contributed by atoms with van der Waals surface area (Å²) < 4.78 is 26.8. The van der Waals surface area contributed by atoms with Gasteiger partial charge in [-0.1, -0.05) is 12.5 Å². The summed E-state index contributed by atoms with van der Waals surface area (Å²) in [4.78, 5) is 39.0. The Hall–Kier alpha value is -2.72. The van der Waals surface area contributed by atoms with Crippen LogP contribution in [0.4, 0.5) is 5.69 Å². The van der Waals surface area contributed by atoms with E-state index in [0.717, 1.165) is 25.3 Å². The molecule has 9 nitrogen and oxygen atoms in total. The molecule has 2 aromatic rings. The summed E-state index contributed by atoms with van der Waals surface area (Å²) in [6, 6.07) is 6.82. The lowest BCUT2D eigenvalue weighted by Crippen LogP contribution is -2.35. The standard InChI is InChI=1S/C16H18N4O5S/c21-14-10-13(18-16(23)19-14)15(22)17-11-5-4-6-12(9-11)26(24,25)20-7-2-1-3-8-20/h4-6,9-10H,1-3,7-8H2,(H,17,22)(H2,18,19,21,23). The lowest BCUT2D eigenvalue weighted by Gasteiger charge is -2.26. The Kier molecular flexibility index (Phi) is 5.05. The van der Waals surface area contributed by atoms with Crippen molar-refractivity contribution >= 4 is 21.6 Å². The summed E-state index contributed by atoms with van der Waals surface area (Å²) in [5.41, 5.74) is -1.48. The fourth-order valence-electron chi connectivity index (χ4n) is 2.78. The van der Waals surface area contributed by atoms with E-state index in [9.17, 15) is 22.8 Å². The molecular formula is C16H18N4O5S. The van der Waals surface area contributed by atoms with E-state index in [0.29, 0.717) is 13.1 Å². The van der Waals surface area contributed by atoms with Gasteiger partial charge in [-0.2, -0.15) is 4.31 Å². The SMILES string of the molecule is O=C(Nc1cccc(S(=O)(=O)N2CCCCC2)c1)c1cc(=O)[nH]c(=O)[nH]1. The van der Waals surface area contributed by atoms with E-state index >= 15 is 0 Å². The Bertz CT molecular complexity index is 1010.